The van der Waals surface area contributed by atoms with Crippen LogP contribution in [-0.2, 0) is 0 Å². The zero-order valence-electron chi connectivity index (χ0n) is 13.0. The first-order chi connectivity index (χ1) is 11.8. The normalized spacial score (nSPS) is 17.2. The van der Waals surface area contributed by atoms with Crippen LogP contribution in [0.3, 0.4) is 0 Å². The van der Waals surface area contributed by atoms with Gasteiger partial charge < -0.3 is 4.90 Å². The summed E-state index contributed by atoms with van der Waals surface area (Å²) in [4.78, 5) is 23.2. The molecule has 0 radical (unpaired) electrons. The molecule has 7 nitrogen and oxygen atoms in total. The van der Waals surface area contributed by atoms with Crippen LogP contribution in [0.5, 0.6) is 0 Å². The summed E-state index contributed by atoms with van der Waals surface area (Å²) in [7, 11) is 0. The van der Waals surface area contributed by atoms with Crippen molar-refractivity contribution < 1.29 is 4.79 Å². The first-order valence-corrected chi connectivity index (χ1v) is 7.85. The van der Waals surface area contributed by atoms with Gasteiger partial charge in [0.2, 0.25) is 0 Å². The molecule has 1 saturated heterocycles. The summed E-state index contributed by atoms with van der Waals surface area (Å²) < 4.78 is 1.78. The van der Waals surface area contributed by atoms with E-state index >= 15 is 0 Å². The summed E-state index contributed by atoms with van der Waals surface area (Å²) >= 11 is 0. The van der Waals surface area contributed by atoms with Gasteiger partial charge in [0.25, 0.3) is 5.91 Å². The highest BCUT2D eigenvalue weighted by Crippen LogP contribution is 2.31. The molecule has 24 heavy (non-hydrogen) atoms. The molecule has 0 spiro atoms. The van der Waals surface area contributed by atoms with Crippen LogP contribution in [0.25, 0.3) is 5.69 Å². The van der Waals surface area contributed by atoms with E-state index in [0.717, 1.165) is 30.8 Å². The third-order valence-corrected chi connectivity index (χ3v) is 4.27. The third kappa shape index (κ3) is 2.64. The highest BCUT2D eigenvalue weighted by Gasteiger charge is 2.31. The zero-order valence-corrected chi connectivity index (χ0v) is 13.0. The van der Waals surface area contributed by atoms with E-state index in [4.69, 9.17) is 0 Å². The van der Waals surface area contributed by atoms with E-state index < -0.39 is 0 Å². The second-order valence-electron chi connectivity index (χ2n) is 5.71. The molecule has 1 fully saturated rings. The molecule has 1 amide bonds. The van der Waals surface area contributed by atoms with Crippen molar-refractivity contribution in [3.8, 4) is 5.69 Å². The van der Waals surface area contributed by atoms with Crippen LogP contribution in [0, 0.1) is 0 Å². The quantitative estimate of drug-likeness (QED) is 0.738. The lowest BCUT2D eigenvalue weighted by Gasteiger charge is -2.24. The summed E-state index contributed by atoms with van der Waals surface area (Å²) in [5.74, 6) is 0.0195. The Balaban J connectivity index is 1.62. The molecule has 0 N–H and O–H groups in total. The molecule has 0 bridgehead atoms. The summed E-state index contributed by atoms with van der Waals surface area (Å²) in [6.07, 6.45) is 8.38. The van der Waals surface area contributed by atoms with Crippen molar-refractivity contribution in [3.63, 3.8) is 0 Å². The summed E-state index contributed by atoms with van der Waals surface area (Å²) in [5, 5.41) is 7.61. The maximum absolute atomic E-state index is 13.0. The third-order valence-electron chi connectivity index (χ3n) is 4.27. The standard InChI is InChI=1S/C17H16N6O/c24-17(13-3-1-4-14(9-13)22-11-20-21-12-22)23-8-2-5-16(23)15-6-7-18-10-19-15/h1,3-4,6-7,9-12,16H,2,5,8H2/t16-/m0/s1. The fourth-order valence-corrected chi connectivity index (χ4v) is 3.11. The lowest BCUT2D eigenvalue weighted by molar-refractivity contribution is 0.0733. The Morgan fingerprint density at radius 3 is 2.83 bits per heavy atom. The Labute approximate surface area is 139 Å². The number of benzene rings is 1. The molecule has 7 heteroatoms. The lowest BCUT2D eigenvalue weighted by atomic mass is 10.1. The average molecular weight is 320 g/mol. The summed E-state index contributed by atoms with van der Waals surface area (Å²) in [6, 6.07) is 9.39. The molecule has 1 atom stereocenters. The van der Waals surface area contributed by atoms with Crippen LogP contribution < -0.4 is 0 Å². The minimum atomic E-state index is 0.0130. The SMILES string of the molecule is O=C(c1cccc(-n2cnnc2)c1)N1CCC[C@H]1c1ccncn1. The van der Waals surface area contributed by atoms with Crippen molar-refractivity contribution in [1.29, 1.82) is 0 Å². The van der Waals surface area contributed by atoms with Gasteiger partial charge in [0, 0.05) is 24.0 Å². The van der Waals surface area contributed by atoms with Gasteiger partial charge in [-0.1, -0.05) is 6.07 Å². The highest BCUT2D eigenvalue weighted by atomic mass is 16.2. The number of nitrogens with zero attached hydrogens (tertiary/aromatic N) is 6. The van der Waals surface area contributed by atoms with Gasteiger partial charge in [0.15, 0.2) is 0 Å². The van der Waals surface area contributed by atoms with Gasteiger partial charge in [-0.2, -0.15) is 0 Å². The van der Waals surface area contributed by atoms with Gasteiger partial charge in [-0.25, -0.2) is 9.97 Å². The monoisotopic (exact) mass is 320 g/mol. The minimum Gasteiger partial charge on any atom is -0.330 e. The molecule has 4 rings (SSSR count). The first-order valence-electron chi connectivity index (χ1n) is 7.85. The molecule has 0 saturated carbocycles. The topological polar surface area (TPSA) is 76.8 Å². The Kier molecular flexibility index (Phi) is 3.74. The number of likely N-dealkylation sites (tertiary alicyclic amines) is 1. The van der Waals surface area contributed by atoms with Crippen LogP contribution in [0.15, 0.2) is 55.5 Å². The van der Waals surface area contributed by atoms with Crippen LogP contribution in [0.1, 0.15) is 34.9 Å². The maximum atomic E-state index is 13.0. The molecule has 3 aromatic rings. The van der Waals surface area contributed by atoms with Crippen molar-refractivity contribution in [1.82, 2.24) is 29.6 Å². The van der Waals surface area contributed by atoms with E-state index in [1.807, 2.05) is 35.2 Å². The lowest BCUT2D eigenvalue weighted by Crippen LogP contribution is -2.31. The molecule has 3 heterocycles. The Hall–Kier alpha value is -3.09. The van der Waals surface area contributed by atoms with E-state index in [1.165, 1.54) is 6.33 Å². The van der Waals surface area contributed by atoms with E-state index in [0.29, 0.717) is 5.56 Å². The second kappa shape index (κ2) is 6.19. The molecule has 1 aromatic carbocycles. The Bertz CT molecular complexity index is 833. The van der Waals surface area contributed by atoms with E-state index in [-0.39, 0.29) is 11.9 Å². The average Bonchev–Trinajstić information content (AvgIpc) is 3.34. The number of carbonyl (C=O) groups is 1. The molecule has 120 valence electrons. The van der Waals surface area contributed by atoms with Crippen LogP contribution in [0.2, 0.25) is 0 Å². The highest BCUT2D eigenvalue weighted by molar-refractivity contribution is 5.95. The first kappa shape index (κ1) is 14.5. The van der Waals surface area contributed by atoms with E-state index in [9.17, 15) is 4.79 Å². The van der Waals surface area contributed by atoms with Crippen molar-refractivity contribution >= 4 is 5.91 Å². The molecule has 1 aliphatic rings. The Morgan fingerprint density at radius 1 is 1.17 bits per heavy atom. The molecule has 2 aromatic heterocycles. The van der Waals surface area contributed by atoms with E-state index in [1.54, 1.807) is 23.4 Å². The number of hydrogen-bond acceptors (Lipinski definition) is 5. The van der Waals surface area contributed by atoms with Gasteiger partial charge in [-0.15, -0.1) is 10.2 Å². The molecular weight excluding hydrogens is 304 g/mol. The predicted octanol–water partition coefficient (Wildman–Crippen LogP) is 2.03. The second-order valence-corrected chi connectivity index (χ2v) is 5.71. The number of carbonyl (C=O) groups excluding carboxylic acids is 1. The zero-order chi connectivity index (χ0) is 16.4. The van der Waals surface area contributed by atoms with Gasteiger partial charge in [0.1, 0.15) is 19.0 Å². The molecular formula is C17H16N6O. The minimum absolute atomic E-state index is 0.0130. The fourth-order valence-electron chi connectivity index (χ4n) is 3.11. The van der Waals surface area contributed by atoms with Crippen LogP contribution >= 0.6 is 0 Å². The van der Waals surface area contributed by atoms with Gasteiger partial charge in [-0.05, 0) is 37.1 Å². The molecule has 0 aliphatic carbocycles. The molecule has 0 unspecified atom stereocenters. The van der Waals surface area contributed by atoms with Crippen LogP contribution in [-0.4, -0.2) is 42.1 Å². The van der Waals surface area contributed by atoms with Crippen LogP contribution in [0.4, 0.5) is 0 Å². The van der Waals surface area contributed by atoms with Gasteiger partial charge in [-0.3, -0.25) is 9.36 Å². The van der Waals surface area contributed by atoms with Gasteiger partial charge >= 0.3 is 0 Å². The fraction of sp³-hybridized carbons (Fsp3) is 0.235. The number of rotatable bonds is 3. The van der Waals surface area contributed by atoms with Crippen molar-refractivity contribution in [2.24, 2.45) is 0 Å². The predicted molar refractivity (Wildman–Crippen MR) is 86.4 cm³/mol. The largest absolute Gasteiger partial charge is 0.330 e. The number of hydrogen-bond donors (Lipinski definition) is 0. The summed E-state index contributed by atoms with van der Waals surface area (Å²) in [6.45, 7) is 0.740. The van der Waals surface area contributed by atoms with E-state index in [2.05, 4.69) is 20.2 Å². The summed E-state index contributed by atoms with van der Waals surface area (Å²) in [5.41, 5.74) is 2.41. The van der Waals surface area contributed by atoms with Crippen molar-refractivity contribution in [2.75, 3.05) is 6.54 Å². The number of amides is 1. The number of aromatic nitrogens is 5. The smallest absolute Gasteiger partial charge is 0.254 e. The Morgan fingerprint density at radius 2 is 2.04 bits per heavy atom. The van der Waals surface area contributed by atoms with Crippen molar-refractivity contribution in [2.45, 2.75) is 18.9 Å². The maximum Gasteiger partial charge on any atom is 0.254 e. The molecule has 1 aliphatic heterocycles. The van der Waals surface area contributed by atoms with Crippen molar-refractivity contribution in [3.05, 3.63) is 66.8 Å². The van der Waals surface area contributed by atoms with Gasteiger partial charge in [0.05, 0.1) is 11.7 Å².